The zero-order valence-electron chi connectivity index (χ0n) is 17.2. The molecule has 2 aromatic carbocycles. The molecule has 0 saturated carbocycles. The maximum absolute atomic E-state index is 12.9. The second-order valence-electron chi connectivity index (χ2n) is 7.46. The van der Waals surface area contributed by atoms with Crippen LogP contribution in [-0.2, 0) is 15.3 Å². The lowest BCUT2D eigenvalue weighted by atomic mass is 9.92. The van der Waals surface area contributed by atoms with Crippen molar-refractivity contribution in [3.05, 3.63) is 81.1 Å². The average Bonchev–Trinajstić information content (AvgIpc) is 2.74. The van der Waals surface area contributed by atoms with Gasteiger partial charge in [-0.3, -0.25) is 14.4 Å². The number of nitrogens with one attached hydrogen (secondary N) is 3. The van der Waals surface area contributed by atoms with E-state index in [2.05, 4.69) is 20.6 Å². The molecular formula is C23H22N4O3S. The van der Waals surface area contributed by atoms with Crippen molar-refractivity contribution < 1.29 is 9.59 Å². The van der Waals surface area contributed by atoms with Crippen LogP contribution < -0.4 is 16.2 Å². The van der Waals surface area contributed by atoms with Crippen LogP contribution in [0.1, 0.15) is 34.6 Å². The van der Waals surface area contributed by atoms with Gasteiger partial charge in [0.05, 0.1) is 11.5 Å². The third kappa shape index (κ3) is 4.54. The number of carbonyl (C=O) groups is 2. The van der Waals surface area contributed by atoms with Gasteiger partial charge in [0.1, 0.15) is 5.82 Å². The molecule has 158 valence electrons. The van der Waals surface area contributed by atoms with Crippen LogP contribution in [0.2, 0.25) is 0 Å². The van der Waals surface area contributed by atoms with Crippen LogP contribution in [0, 0.1) is 13.8 Å². The first-order valence-electron chi connectivity index (χ1n) is 9.90. The second-order valence-corrected chi connectivity index (χ2v) is 8.42. The summed E-state index contributed by atoms with van der Waals surface area (Å²) in [5, 5.41) is 5.87. The van der Waals surface area contributed by atoms with Crippen LogP contribution in [0.3, 0.4) is 0 Å². The van der Waals surface area contributed by atoms with E-state index in [1.807, 2.05) is 56.3 Å². The maximum atomic E-state index is 12.9. The quantitative estimate of drug-likeness (QED) is 0.419. The van der Waals surface area contributed by atoms with Crippen LogP contribution in [0.15, 0.2) is 58.5 Å². The zero-order chi connectivity index (χ0) is 22.0. The predicted molar refractivity (Wildman–Crippen MR) is 121 cm³/mol. The summed E-state index contributed by atoms with van der Waals surface area (Å²) in [4.78, 5) is 45.2. The Morgan fingerprint density at radius 1 is 1.10 bits per heavy atom. The Hall–Kier alpha value is -3.39. The third-order valence-electron chi connectivity index (χ3n) is 5.27. The number of aryl methyl sites for hydroxylation is 2. The number of aromatic nitrogens is 2. The molecule has 31 heavy (non-hydrogen) atoms. The van der Waals surface area contributed by atoms with E-state index < -0.39 is 17.4 Å². The number of hydrogen-bond donors (Lipinski definition) is 3. The van der Waals surface area contributed by atoms with E-state index in [1.165, 1.54) is 11.8 Å². The van der Waals surface area contributed by atoms with Crippen molar-refractivity contribution in [3.63, 3.8) is 0 Å². The molecule has 8 heteroatoms. The maximum Gasteiger partial charge on any atom is 0.257 e. The molecule has 1 aromatic heterocycles. The molecule has 2 amide bonds. The first-order valence-corrected chi connectivity index (χ1v) is 10.9. The van der Waals surface area contributed by atoms with Gasteiger partial charge in [0, 0.05) is 17.9 Å². The number of anilines is 2. The zero-order valence-corrected chi connectivity index (χ0v) is 18.0. The number of fused-ring (bicyclic) bond motifs is 1. The van der Waals surface area contributed by atoms with Gasteiger partial charge in [-0.05, 0) is 36.6 Å². The van der Waals surface area contributed by atoms with E-state index in [0.717, 1.165) is 16.7 Å². The van der Waals surface area contributed by atoms with Crippen molar-refractivity contribution in [1.29, 1.82) is 0 Å². The number of amides is 2. The van der Waals surface area contributed by atoms with Gasteiger partial charge in [-0.15, -0.1) is 0 Å². The van der Waals surface area contributed by atoms with Crippen LogP contribution in [0.5, 0.6) is 0 Å². The van der Waals surface area contributed by atoms with Gasteiger partial charge < -0.3 is 15.6 Å². The lowest BCUT2D eigenvalue weighted by Gasteiger charge is -2.23. The second kappa shape index (κ2) is 8.77. The molecule has 0 radical (unpaired) electrons. The highest BCUT2D eigenvalue weighted by Gasteiger charge is 2.34. The third-order valence-corrected chi connectivity index (χ3v) is 6.20. The molecule has 0 unspecified atom stereocenters. The van der Waals surface area contributed by atoms with Crippen LogP contribution in [-0.4, -0.2) is 21.8 Å². The summed E-state index contributed by atoms with van der Waals surface area (Å²) in [6.07, 6.45) is -0.106. The van der Waals surface area contributed by atoms with Gasteiger partial charge in [-0.1, -0.05) is 54.2 Å². The number of benzene rings is 2. The fraction of sp³-hybridized carbons (Fsp3) is 0.217. The first kappa shape index (κ1) is 20.9. The number of thioether (sulfide) groups is 1. The van der Waals surface area contributed by atoms with Gasteiger partial charge >= 0.3 is 0 Å². The molecular weight excluding hydrogens is 412 g/mol. The summed E-state index contributed by atoms with van der Waals surface area (Å²) in [5.74, 6) is -0.879. The summed E-state index contributed by atoms with van der Waals surface area (Å²) in [6, 6.07) is 15.3. The molecule has 4 rings (SSSR count). The average molecular weight is 435 g/mol. The number of aromatic amines is 1. The SMILES string of the molecule is Cc1ccccc1CSc1nc2c(c(=O)[nH]1)[C@H](C(=O)Nc1ccccc1C)CC(=O)N2. The van der Waals surface area contributed by atoms with Crippen molar-refractivity contribution in [1.82, 2.24) is 9.97 Å². The van der Waals surface area contributed by atoms with E-state index in [9.17, 15) is 14.4 Å². The Balaban J connectivity index is 1.59. The van der Waals surface area contributed by atoms with Crippen LogP contribution in [0.4, 0.5) is 11.5 Å². The fourth-order valence-corrected chi connectivity index (χ4v) is 4.43. The van der Waals surface area contributed by atoms with E-state index in [0.29, 0.717) is 16.6 Å². The number of hydrogen-bond acceptors (Lipinski definition) is 5. The number of carbonyl (C=O) groups excluding carboxylic acids is 2. The van der Waals surface area contributed by atoms with Crippen LogP contribution >= 0.6 is 11.8 Å². The van der Waals surface area contributed by atoms with E-state index >= 15 is 0 Å². The summed E-state index contributed by atoms with van der Waals surface area (Å²) in [6.45, 7) is 3.90. The van der Waals surface area contributed by atoms with Gasteiger partial charge in [0.2, 0.25) is 11.8 Å². The lowest BCUT2D eigenvalue weighted by molar-refractivity contribution is -0.123. The Morgan fingerprint density at radius 2 is 1.81 bits per heavy atom. The number of rotatable bonds is 5. The van der Waals surface area contributed by atoms with Crippen molar-refractivity contribution in [2.45, 2.75) is 37.1 Å². The molecule has 0 bridgehead atoms. The molecule has 0 fully saturated rings. The van der Waals surface area contributed by atoms with Crippen molar-refractivity contribution in [2.24, 2.45) is 0 Å². The smallest absolute Gasteiger partial charge is 0.257 e. The Kier molecular flexibility index (Phi) is 5.90. The lowest BCUT2D eigenvalue weighted by Crippen LogP contribution is -2.36. The highest BCUT2D eigenvalue weighted by molar-refractivity contribution is 7.98. The number of H-pyrrole nitrogens is 1. The van der Waals surface area contributed by atoms with Crippen molar-refractivity contribution in [3.8, 4) is 0 Å². The standard InChI is InChI=1S/C23H22N4O3S/c1-13-7-3-5-9-15(13)12-31-23-26-20-19(22(30)27-23)16(11-18(28)25-20)21(29)24-17-10-6-4-8-14(17)2/h3-10,16H,11-12H2,1-2H3,(H,24,29)(H2,25,26,27,28,30)/t16-/m1/s1. The number of nitrogens with zero attached hydrogens (tertiary/aromatic N) is 1. The summed E-state index contributed by atoms with van der Waals surface area (Å²) in [7, 11) is 0. The van der Waals surface area contributed by atoms with Crippen LogP contribution in [0.25, 0.3) is 0 Å². The fourth-order valence-electron chi connectivity index (χ4n) is 3.49. The predicted octanol–water partition coefficient (Wildman–Crippen LogP) is 3.74. The van der Waals surface area contributed by atoms with E-state index in [1.54, 1.807) is 6.07 Å². The van der Waals surface area contributed by atoms with Gasteiger partial charge in [0.15, 0.2) is 5.16 Å². The minimum absolute atomic E-state index is 0.106. The summed E-state index contributed by atoms with van der Waals surface area (Å²) < 4.78 is 0. The van der Waals surface area contributed by atoms with Crippen molar-refractivity contribution >= 4 is 35.1 Å². The Morgan fingerprint density at radius 3 is 2.55 bits per heavy atom. The molecule has 0 saturated heterocycles. The van der Waals surface area contributed by atoms with E-state index in [4.69, 9.17) is 0 Å². The molecule has 2 heterocycles. The van der Waals surface area contributed by atoms with Gasteiger partial charge in [0.25, 0.3) is 5.56 Å². The van der Waals surface area contributed by atoms with Gasteiger partial charge in [-0.25, -0.2) is 4.98 Å². The Bertz CT molecular complexity index is 1220. The highest BCUT2D eigenvalue weighted by atomic mass is 32.2. The van der Waals surface area contributed by atoms with Crippen molar-refractivity contribution in [2.75, 3.05) is 10.6 Å². The van der Waals surface area contributed by atoms with Gasteiger partial charge in [-0.2, -0.15) is 0 Å². The minimum atomic E-state index is -0.907. The molecule has 0 aliphatic carbocycles. The Labute approximate surface area is 183 Å². The molecule has 0 spiro atoms. The molecule has 1 atom stereocenters. The first-order chi connectivity index (χ1) is 14.9. The minimum Gasteiger partial charge on any atom is -0.325 e. The monoisotopic (exact) mass is 434 g/mol. The molecule has 3 aromatic rings. The molecule has 3 N–H and O–H groups in total. The van der Waals surface area contributed by atoms with E-state index in [-0.39, 0.29) is 23.7 Å². The summed E-state index contributed by atoms with van der Waals surface area (Å²) >= 11 is 1.37. The normalized spacial score (nSPS) is 15.2. The molecule has 1 aliphatic rings. The highest BCUT2D eigenvalue weighted by Crippen LogP contribution is 2.31. The summed E-state index contributed by atoms with van der Waals surface area (Å²) in [5.41, 5.74) is 3.60. The topological polar surface area (TPSA) is 104 Å². The number of para-hydroxylation sites is 1. The molecule has 1 aliphatic heterocycles. The molecule has 7 nitrogen and oxygen atoms in total. The largest absolute Gasteiger partial charge is 0.325 e.